The Labute approximate surface area is 101 Å². The first kappa shape index (κ1) is 11.7. The maximum Gasteiger partial charge on any atom is 0.251 e. The van der Waals surface area contributed by atoms with E-state index in [-0.39, 0.29) is 11.5 Å². The van der Waals surface area contributed by atoms with Crippen molar-refractivity contribution in [3.05, 3.63) is 17.1 Å². The molecule has 3 N–H and O–H groups in total. The first-order chi connectivity index (χ1) is 7.87. The van der Waals surface area contributed by atoms with Gasteiger partial charge in [-0.15, -0.1) is 11.3 Å². The fourth-order valence-corrected chi connectivity index (χ4v) is 2.50. The molecule has 0 atom stereocenters. The minimum Gasteiger partial charge on any atom is -0.366 e. The van der Waals surface area contributed by atoms with Gasteiger partial charge in [0.15, 0.2) is 0 Å². The molecule has 0 saturated heterocycles. The third-order valence-corrected chi connectivity index (χ3v) is 3.32. The van der Waals surface area contributed by atoms with Crippen LogP contribution in [0.1, 0.15) is 10.4 Å². The van der Waals surface area contributed by atoms with Gasteiger partial charge in [-0.1, -0.05) is 0 Å². The number of nitrogens with one attached hydrogen (secondary N) is 1. The van der Waals surface area contributed by atoms with E-state index in [2.05, 4.69) is 14.7 Å². The predicted octanol–water partition coefficient (Wildman–Crippen LogP) is 0.162. The van der Waals surface area contributed by atoms with E-state index < -0.39 is 15.9 Å². The number of amides is 1. The summed E-state index contributed by atoms with van der Waals surface area (Å²) >= 11 is 1.27. The van der Waals surface area contributed by atoms with Crippen LogP contribution in [0.2, 0.25) is 0 Å². The molecule has 0 saturated carbocycles. The summed E-state index contributed by atoms with van der Waals surface area (Å²) in [6, 6.07) is 0. The third kappa shape index (κ3) is 2.50. The van der Waals surface area contributed by atoms with Gasteiger partial charge in [0, 0.05) is 5.38 Å². The van der Waals surface area contributed by atoms with E-state index in [1.165, 1.54) is 17.5 Å². The van der Waals surface area contributed by atoms with Crippen LogP contribution in [0.4, 0.5) is 5.95 Å². The van der Waals surface area contributed by atoms with Crippen molar-refractivity contribution in [1.29, 1.82) is 0 Å². The molecular formula is C8H8N4O3S2. The number of carbonyl (C=O) groups excluding carboxylic acids is 1. The Hall–Kier alpha value is -1.74. The first-order valence-electron chi connectivity index (χ1n) is 4.38. The minimum absolute atomic E-state index is 0.0825. The van der Waals surface area contributed by atoms with Gasteiger partial charge in [0.1, 0.15) is 0 Å². The van der Waals surface area contributed by atoms with Gasteiger partial charge >= 0.3 is 0 Å². The molecule has 2 heterocycles. The van der Waals surface area contributed by atoms with E-state index in [0.717, 1.165) is 6.26 Å². The normalized spacial score (nSPS) is 11.6. The lowest BCUT2D eigenvalue weighted by atomic mass is 10.3. The van der Waals surface area contributed by atoms with Gasteiger partial charge in [-0.05, 0) is 0 Å². The fourth-order valence-electron chi connectivity index (χ4n) is 1.22. The molecule has 0 aliphatic carbocycles. The molecule has 0 unspecified atom stereocenters. The summed E-state index contributed by atoms with van der Waals surface area (Å²) in [5.41, 5.74) is 5.77. The highest BCUT2D eigenvalue weighted by Crippen LogP contribution is 2.24. The van der Waals surface area contributed by atoms with Crippen LogP contribution in [-0.2, 0) is 10.0 Å². The summed E-state index contributed by atoms with van der Waals surface area (Å²) in [6.45, 7) is 0. The Morgan fingerprint density at radius 3 is 2.82 bits per heavy atom. The van der Waals surface area contributed by atoms with Crippen molar-refractivity contribution in [3.8, 4) is 0 Å². The highest BCUT2D eigenvalue weighted by atomic mass is 32.2. The van der Waals surface area contributed by atoms with Crippen LogP contribution < -0.4 is 10.5 Å². The summed E-state index contributed by atoms with van der Waals surface area (Å²) in [7, 11) is -3.45. The Morgan fingerprint density at radius 1 is 1.53 bits per heavy atom. The number of hydrogen-bond acceptors (Lipinski definition) is 6. The summed E-state index contributed by atoms with van der Waals surface area (Å²) in [4.78, 5) is 18.9. The number of hydrogen-bond donors (Lipinski definition) is 2. The van der Waals surface area contributed by atoms with E-state index >= 15 is 0 Å². The number of anilines is 1. The molecule has 2 aromatic heterocycles. The largest absolute Gasteiger partial charge is 0.366 e. The van der Waals surface area contributed by atoms with E-state index in [1.54, 1.807) is 5.38 Å². The predicted molar refractivity (Wildman–Crippen MR) is 64.4 cm³/mol. The number of nitrogens with zero attached hydrogens (tertiary/aromatic N) is 2. The summed E-state index contributed by atoms with van der Waals surface area (Å²) < 4.78 is 24.8. The van der Waals surface area contributed by atoms with Crippen LogP contribution in [0.3, 0.4) is 0 Å². The molecule has 0 aromatic carbocycles. The smallest absolute Gasteiger partial charge is 0.251 e. The minimum atomic E-state index is -3.45. The lowest BCUT2D eigenvalue weighted by Crippen LogP contribution is -2.13. The zero-order chi connectivity index (χ0) is 12.6. The van der Waals surface area contributed by atoms with Crippen molar-refractivity contribution in [2.75, 3.05) is 11.0 Å². The van der Waals surface area contributed by atoms with Crippen LogP contribution in [0, 0.1) is 0 Å². The zero-order valence-electron chi connectivity index (χ0n) is 8.67. The fraction of sp³-hybridized carbons (Fsp3) is 0.125. The lowest BCUT2D eigenvalue weighted by molar-refractivity contribution is 0.100. The van der Waals surface area contributed by atoms with Gasteiger partial charge in [0.2, 0.25) is 16.0 Å². The van der Waals surface area contributed by atoms with Gasteiger partial charge in [0.05, 0.1) is 28.2 Å². The quantitative estimate of drug-likeness (QED) is 0.826. The zero-order valence-corrected chi connectivity index (χ0v) is 10.3. The van der Waals surface area contributed by atoms with Crippen LogP contribution in [0.25, 0.3) is 10.2 Å². The van der Waals surface area contributed by atoms with Gasteiger partial charge < -0.3 is 5.73 Å². The second-order valence-electron chi connectivity index (χ2n) is 3.29. The molecule has 2 aromatic rings. The molecule has 9 heteroatoms. The Bertz CT molecular complexity index is 692. The molecule has 0 bridgehead atoms. The molecule has 0 radical (unpaired) electrons. The molecule has 7 nitrogen and oxygen atoms in total. The van der Waals surface area contributed by atoms with Crippen LogP contribution >= 0.6 is 11.3 Å². The van der Waals surface area contributed by atoms with Crippen molar-refractivity contribution in [2.24, 2.45) is 5.73 Å². The Kier molecular flexibility index (Phi) is 2.71. The summed E-state index contributed by atoms with van der Waals surface area (Å²) in [5, 5.41) is 1.56. The number of thiophene rings is 1. The number of carbonyl (C=O) groups is 1. The monoisotopic (exact) mass is 272 g/mol. The second-order valence-corrected chi connectivity index (χ2v) is 5.95. The van der Waals surface area contributed by atoms with Gasteiger partial charge in [-0.3, -0.25) is 9.52 Å². The van der Waals surface area contributed by atoms with Crippen molar-refractivity contribution in [1.82, 2.24) is 9.97 Å². The standard InChI is InChI=1S/C8H8N4O3S2/c1-17(14,15)12-8-10-2-5-6(11-8)4(3-16-5)7(9)13/h2-3H,1H3,(H2,9,13)(H,10,11,12). The molecule has 17 heavy (non-hydrogen) atoms. The maximum absolute atomic E-state index is 11.1. The summed E-state index contributed by atoms with van der Waals surface area (Å²) in [6.07, 6.45) is 2.43. The molecule has 2 rings (SSSR count). The van der Waals surface area contributed by atoms with Crippen molar-refractivity contribution in [2.45, 2.75) is 0 Å². The Morgan fingerprint density at radius 2 is 2.24 bits per heavy atom. The molecule has 1 amide bonds. The number of sulfonamides is 1. The number of fused-ring (bicyclic) bond motifs is 1. The van der Waals surface area contributed by atoms with Gasteiger partial charge in [-0.25, -0.2) is 18.4 Å². The highest BCUT2D eigenvalue weighted by molar-refractivity contribution is 7.91. The molecule has 0 fully saturated rings. The molecule has 0 aliphatic rings. The number of aromatic nitrogens is 2. The van der Waals surface area contributed by atoms with Crippen LogP contribution in [0.5, 0.6) is 0 Å². The first-order valence-corrected chi connectivity index (χ1v) is 7.16. The van der Waals surface area contributed by atoms with Crippen molar-refractivity contribution < 1.29 is 13.2 Å². The topological polar surface area (TPSA) is 115 Å². The Balaban J connectivity index is 2.55. The van der Waals surface area contributed by atoms with E-state index in [0.29, 0.717) is 10.2 Å². The molecular weight excluding hydrogens is 264 g/mol. The highest BCUT2D eigenvalue weighted by Gasteiger charge is 2.13. The van der Waals surface area contributed by atoms with E-state index in [4.69, 9.17) is 5.73 Å². The maximum atomic E-state index is 11.1. The number of rotatable bonds is 3. The average Bonchev–Trinajstić information content (AvgIpc) is 2.57. The molecule has 0 spiro atoms. The van der Waals surface area contributed by atoms with Crippen molar-refractivity contribution in [3.63, 3.8) is 0 Å². The van der Waals surface area contributed by atoms with Gasteiger partial charge in [0.25, 0.3) is 5.91 Å². The van der Waals surface area contributed by atoms with E-state index in [1.807, 2.05) is 0 Å². The second kappa shape index (κ2) is 3.93. The third-order valence-electron chi connectivity index (χ3n) is 1.86. The van der Waals surface area contributed by atoms with Crippen LogP contribution in [-0.4, -0.2) is 30.5 Å². The number of primary amides is 1. The van der Waals surface area contributed by atoms with Crippen LogP contribution in [0.15, 0.2) is 11.6 Å². The molecule has 0 aliphatic heterocycles. The van der Waals surface area contributed by atoms with Gasteiger partial charge in [-0.2, -0.15) is 0 Å². The molecule has 90 valence electrons. The number of nitrogens with two attached hydrogens (primary N) is 1. The SMILES string of the molecule is CS(=O)(=O)Nc1ncc2scc(C(N)=O)c2n1. The lowest BCUT2D eigenvalue weighted by Gasteiger charge is -2.01. The van der Waals surface area contributed by atoms with E-state index in [9.17, 15) is 13.2 Å². The summed E-state index contributed by atoms with van der Waals surface area (Å²) in [5.74, 6) is -0.693. The average molecular weight is 272 g/mol. The van der Waals surface area contributed by atoms with Crippen molar-refractivity contribution >= 4 is 43.4 Å².